The summed E-state index contributed by atoms with van der Waals surface area (Å²) in [6.45, 7) is 4.56. The summed E-state index contributed by atoms with van der Waals surface area (Å²) in [4.78, 5) is 31.9. The number of thioether (sulfide) groups is 2. The molecular weight excluding hydrogens is 472 g/mol. The predicted octanol–water partition coefficient (Wildman–Crippen LogP) is 4.40. The fraction of sp³-hybridized carbons (Fsp3) is 0.333. The standard InChI is InChI=1S/C24H26N4O4S2/c1-17(29)31-13-11-27-21-9-5-3-7-19(21)25-23(27)33-15-16-34-24-26-20-8-4-6-10-22(20)28(24)12-14-32-18(2)30/h3-10H,11-16H2,1-2H3. The Morgan fingerprint density at radius 3 is 1.56 bits per heavy atom. The molecule has 2 aromatic carbocycles. The van der Waals surface area contributed by atoms with Gasteiger partial charge in [0.05, 0.1) is 35.2 Å². The molecule has 4 rings (SSSR count). The van der Waals surface area contributed by atoms with Crippen molar-refractivity contribution in [2.75, 3.05) is 24.7 Å². The van der Waals surface area contributed by atoms with Crippen molar-refractivity contribution in [1.29, 1.82) is 0 Å². The minimum Gasteiger partial charge on any atom is -0.464 e. The fourth-order valence-corrected chi connectivity index (χ4v) is 5.64. The van der Waals surface area contributed by atoms with E-state index < -0.39 is 0 Å². The molecule has 178 valence electrons. The third-order valence-electron chi connectivity index (χ3n) is 5.03. The molecule has 0 unspecified atom stereocenters. The maximum absolute atomic E-state index is 11.2. The third-order valence-corrected chi connectivity index (χ3v) is 7.24. The largest absolute Gasteiger partial charge is 0.464 e. The molecule has 0 N–H and O–H groups in total. The smallest absolute Gasteiger partial charge is 0.302 e. The van der Waals surface area contributed by atoms with Crippen LogP contribution < -0.4 is 0 Å². The third kappa shape index (κ3) is 5.92. The SMILES string of the molecule is CC(=O)OCCn1c(SCCSc2nc3ccccc3n2CCOC(C)=O)nc2ccccc21. The molecule has 0 fully saturated rings. The Balaban J connectivity index is 1.42. The fourth-order valence-electron chi connectivity index (χ4n) is 3.59. The van der Waals surface area contributed by atoms with Gasteiger partial charge in [-0.2, -0.15) is 0 Å². The lowest BCUT2D eigenvalue weighted by Crippen LogP contribution is -2.10. The van der Waals surface area contributed by atoms with Crippen LogP contribution in [0.5, 0.6) is 0 Å². The zero-order valence-corrected chi connectivity index (χ0v) is 20.7. The molecule has 0 spiro atoms. The van der Waals surface area contributed by atoms with E-state index in [4.69, 9.17) is 19.4 Å². The molecule has 8 nitrogen and oxygen atoms in total. The number of aromatic nitrogens is 4. The number of ether oxygens (including phenoxy) is 2. The number of para-hydroxylation sites is 4. The molecule has 0 saturated carbocycles. The second kappa shape index (κ2) is 11.4. The van der Waals surface area contributed by atoms with Crippen molar-refractivity contribution >= 4 is 57.5 Å². The number of fused-ring (bicyclic) bond motifs is 2. The van der Waals surface area contributed by atoms with Crippen molar-refractivity contribution in [1.82, 2.24) is 19.1 Å². The Bertz CT molecular complexity index is 1200. The number of hydrogen-bond acceptors (Lipinski definition) is 8. The van der Waals surface area contributed by atoms with Gasteiger partial charge in [-0.05, 0) is 24.3 Å². The van der Waals surface area contributed by atoms with Gasteiger partial charge in [0.1, 0.15) is 13.2 Å². The Morgan fingerprint density at radius 2 is 1.15 bits per heavy atom. The summed E-state index contributed by atoms with van der Waals surface area (Å²) in [6.07, 6.45) is 0. The minimum absolute atomic E-state index is 0.286. The summed E-state index contributed by atoms with van der Waals surface area (Å²) in [5.41, 5.74) is 3.90. The number of nitrogens with zero attached hydrogens (tertiary/aromatic N) is 4. The van der Waals surface area contributed by atoms with E-state index in [0.717, 1.165) is 43.9 Å². The molecule has 0 aliphatic carbocycles. The van der Waals surface area contributed by atoms with Gasteiger partial charge >= 0.3 is 11.9 Å². The number of esters is 2. The van der Waals surface area contributed by atoms with Crippen molar-refractivity contribution in [2.24, 2.45) is 0 Å². The maximum Gasteiger partial charge on any atom is 0.302 e. The lowest BCUT2D eigenvalue weighted by Gasteiger charge is -2.10. The highest BCUT2D eigenvalue weighted by Gasteiger charge is 2.14. The minimum atomic E-state index is -0.286. The van der Waals surface area contributed by atoms with Crippen LogP contribution in [0.15, 0.2) is 58.8 Å². The van der Waals surface area contributed by atoms with E-state index in [1.165, 1.54) is 13.8 Å². The number of benzene rings is 2. The molecule has 0 aliphatic heterocycles. The molecule has 34 heavy (non-hydrogen) atoms. The average molecular weight is 499 g/mol. The van der Waals surface area contributed by atoms with Gasteiger partial charge in [0.25, 0.3) is 0 Å². The van der Waals surface area contributed by atoms with Crippen LogP contribution in [0.4, 0.5) is 0 Å². The highest BCUT2D eigenvalue weighted by Crippen LogP contribution is 2.28. The van der Waals surface area contributed by atoms with Gasteiger partial charge in [0.15, 0.2) is 10.3 Å². The molecule has 2 heterocycles. The topological polar surface area (TPSA) is 88.2 Å². The van der Waals surface area contributed by atoms with Crippen molar-refractivity contribution in [3.8, 4) is 0 Å². The summed E-state index contributed by atoms with van der Waals surface area (Å²) in [6, 6.07) is 15.9. The van der Waals surface area contributed by atoms with Crippen LogP contribution in [0.3, 0.4) is 0 Å². The zero-order valence-electron chi connectivity index (χ0n) is 19.1. The summed E-state index contributed by atoms with van der Waals surface area (Å²) >= 11 is 3.34. The Morgan fingerprint density at radius 1 is 0.735 bits per heavy atom. The van der Waals surface area contributed by atoms with E-state index >= 15 is 0 Å². The molecular formula is C24H26N4O4S2. The monoisotopic (exact) mass is 498 g/mol. The normalized spacial score (nSPS) is 11.2. The van der Waals surface area contributed by atoms with Gasteiger partial charge < -0.3 is 18.6 Å². The molecule has 0 amide bonds. The zero-order chi connectivity index (χ0) is 23.9. The lowest BCUT2D eigenvalue weighted by atomic mass is 10.3. The van der Waals surface area contributed by atoms with Crippen molar-refractivity contribution in [3.63, 3.8) is 0 Å². The molecule has 0 saturated heterocycles. The van der Waals surface area contributed by atoms with Crippen LogP contribution in [-0.4, -0.2) is 55.8 Å². The number of carbonyl (C=O) groups is 2. The highest BCUT2D eigenvalue weighted by atomic mass is 32.2. The van der Waals surface area contributed by atoms with Crippen LogP contribution in [0.2, 0.25) is 0 Å². The Kier molecular flexibility index (Phi) is 8.12. The first-order chi connectivity index (χ1) is 16.5. The van der Waals surface area contributed by atoms with Crippen LogP contribution in [0, 0.1) is 0 Å². The van der Waals surface area contributed by atoms with Gasteiger partial charge in [-0.15, -0.1) is 0 Å². The van der Waals surface area contributed by atoms with Crippen LogP contribution in [0.1, 0.15) is 13.8 Å². The molecule has 4 aromatic rings. The van der Waals surface area contributed by atoms with Gasteiger partial charge in [-0.3, -0.25) is 9.59 Å². The first-order valence-electron chi connectivity index (χ1n) is 11.0. The Hall–Kier alpha value is -2.98. The van der Waals surface area contributed by atoms with E-state index in [1.807, 2.05) is 48.5 Å². The Labute approximate surface area is 206 Å². The number of carbonyl (C=O) groups excluding carboxylic acids is 2. The van der Waals surface area contributed by atoms with Gasteiger partial charge in [0.2, 0.25) is 0 Å². The van der Waals surface area contributed by atoms with Crippen molar-refractivity contribution < 1.29 is 19.1 Å². The summed E-state index contributed by atoms with van der Waals surface area (Å²) in [5.74, 6) is 1.09. The molecule has 10 heteroatoms. The maximum atomic E-state index is 11.2. The lowest BCUT2D eigenvalue weighted by molar-refractivity contribution is -0.142. The molecule has 0 aliphatic rings. The first-order valence-corrected chi connectivity index (χ1v) is 12.9. The van der Waals surface area contributed by atoms with E-state index in [0.29, 0.717) is 26.3 Å². The quantitative estimate of drug-likeness (QED) is 0.171. The van der Waals surface area contributed by atoms with E-state index in [2.05, 4.69) is 9.13 Å². The number of hydrogen-bond donors (Lipinski definition) is 0. The van der Waals surface area contributed by atoms with E-state index in [1.54, 1.807) is 23.5 Å². The van der Waals surface area contributed by atoms with E-state index in [9.17, 15) is 9.59 Å². The van der Waals surface area contributed by atoms with Crippen molar-refractivity contribution in [2.45, 2.75) is 37.2 Å². The first kappa shape index (κ1) is 24.2. The predicted molar refractivity (Wildman–Crippen MR) is 134 cm³/mol. The number of rotatable bonds is 11. The van der Waals surface area contributed by atoms with E-state index in [-0.39, 0.29) is 11.9 Å². The summed E-state index contributed by atoms with van der Waals surface area (Å²) in [7, 11) is 0. The van der Waals surface area contributed by atoms with Gasteiger partial charge in [-0.25, -0.2) is 9.97 Å². The van der Waals surface area contributed by atoms with Crippen molar-refractivity contribution in [3.05, 3.63) is 48.5 Å². The summed E-state index contributed by atoms with van der Waals surface area (Å²) in [5, 5.41) is 1.80. The number of imidazole rings is 2. The molecule has 2 aromatic heterocycles. The molecule has 0 bridgehead atoms. The van der Waals surface area contributed by atoms with Crippen LogP contribution >= 0.6 is 23.5 Å². The second-order valence-corrected chi connectivity index (χ2v) is 9.57. The summed E-state index contributed by atoms with van der Waals surface area (Å²) < 4.78 is 14.5. The average Bonchev–Trinajstić information content (AvgIpc) is 3.34. The highest BCUT2D eigenvalue weighted by molar-refractivity contribution is 8.02. The van der Waals surface area contributed by atoms with Gasteiger partial charge in [0, 0.05) is 25.4 Å². The van der Waals surface area contributed by atoms with Crippen LogP contribution in [-0.2, 0) is 32.2 Å². The second-order valence-electron chi connectivity index (χ2n) is 7.45. The van der Waals surface area contributed by atoms with Gasteiger partial charge in [-0.1, -0.05) is 47.8 Å². The van der Waals surface area contributed by atoms with Crippen LogP contribution in [0.25, 0.3) is 22.1 Å². The molecule has 0 radical (unpaired) electrons. The molecule has 0 atom stereocenters.